The molecule has 0 saturated carbocycles. The molecule has 0 amide bonds. The third-order valence-corrected chi connectivity index (χ3v) is 8.28. The molecule has 0 heterocycles. The maximum Gasteiger partial charge on any atom is 0.119 e. The van der Waals surface area contributed by atoms with Crippen molar-refractivity contribution in [1.82, 2.24) is 0 Å². The number of benzene rings is 3. The van der Waals surface area contributed by atoms with E-state index in [0.29, 0.717) is 6.42 Å². The summed E-state index contributed by atoms with van der Waals surface area (Å²) >= 11 is 0. The first-order valence-electron chi connectivity index (χ1n) is 14.3. The Balaban J connectivity index is 2.71. The number of hydrogen-bond donors (Lipinski definition) is 3. The number of rotatable bonds is 5. The molecule has 216 valence electrons. The third-order valence-electron chi connectivity index (χ3n) is 8.28. The fourth-order valence-corrected chi connectivity index (χ4v) is 6.24. The molecule has 0 radical (unpaired) electrons. The summed E-state index contributed by atoms with van der Waals surface area (Å²) in [4.78, 5) is 0. The SMILES string of the molecule is C=CCC(c1cc(C(C)(C)C)c(O)cc1C)(c1cc(C(C)(C)C)c(O)cc1C)c1cc(C(C)(C)C)c(O)cc1C. The van der Waals surface area contributed by atoms with Crippen LogP contribution in [0.25, 0.3) is 0 Å². The Hall–Kier alpha value is -3.20. The first-order valence-corrected chi connectivity index (χ1v) is 14.3. The number of phenolic OH excluding ortho intramolecular Hbond substituents is 3. The fraction of sp³-hybridized carbons (Fsp3) is 0.459. The van der Waals surface area contributed by atoms with Crippen LogP contribution >= 0.6 is 0 Å². The molecule has 3 aromatic rings. The summed E-state index contributed by atoms with van der Waals surface area (Å²) in [5, 5.41) is 33.3. The van der Waals surface area contributed by atoms with Crippen LogP contribution in [0.1, 0.15) is 119 Å². The summed E-state index contributed by atoms with van der Waals surface area (Å²) in [6.45, 7) is 29.4. The summed E-state index contributed by atoms with van der Waals surface area (Å²) in [6.07, 6.45) is 2.56. The van der Waals surface area contributed by atoms with Crippen molar-refractivity contribution in [3.05, 3.63) is 99.1 Å². The highest BCUT2D eigenvalue weighted by atomic mass is 16.3. The summed E-state index contributed by atoms with van der Waals surface area (Å²) in [5.41, 5.74) is 7.24. The largest absolute Gasteiger partial charge is 0.508 e. The first-order chi connectivity index (χ1) is 18.2. The average molecular weight is 543 g/mol. The molecule has 3 aromatic carbocycles. The zero-order chi connectivity index (χ0) is 30.6. The van der Waals surface area contributed by atoms with Gasteiger partial charge in [0, 0.05) is 5.41 Å². The lowest BCUT2D eigenvalue weighted by Crippen LogP contribution is -2.33. The molecule has 0 bridgehead atoms. The molecule has 0 aromatic heterocycles. The van der Waals surface area contributed by atoms with Crippen LogP contribution < -0.4 is 0 Å². The Morgan fingerprint density at radius 3 is 0.950 bits per heavy atom. The molecular formula is C37H50O3. The Morgan fingerprint density at radius 2 is 0.750 bits per heavy atom. The van der Waals surface area contributed by atoms with Gasteiger partial charge in [-0.05, 0) is 112 Å². The van der Waals surface area contributed by atoms with Crippen molar-refractivity contribution in [1.29, 1.82) is 0 Å². The molecule has 0 saturated heterocycles. The predicted octanol–water partition coefficient (Wildman–Crippen LogP) is 9.53. The monoisotopic (exact) mass is 542 g/mol. The minimum Gasteiger partial charge on any atom is -0.508 e. The van der Waals surface area contributed by atoms with Crippen molar-refractivity contribution >= 4 is 0 Å². The standard InChI is InChI=1S/C37H50O3/c1-14-15-37(25-19-28(34(5,6)7)31(38)16-22(25)2,26-20-29(35(8,9)10)32(39)17-23(26)3)27-21-30(36(11,12)13)33(40)18-24(27)4/h14,16-21,38-40H,1,15H2,2-13H3. The van der Waals surface area contributed by atoms with E-state index in [2.05, 4.69) is 108 Å². The van der Waals surface area contributed by atoms with Crippen LogP contribution in [0.2, 0.25) is 0 Å². The van der Waals surface area contributed by atoms with Crippen LogP contribution in [0.5, 0.6) is 17.2 Å². The van der Waals surface area contributed by atoms with Gasteiger partial charge < -0.3 is 15.3 Å². The van der Waals surface area contributed by atoms with E-state index in [1.807, 2.05) is 24.3 Å². The lowest BCUT2D eigenvalue weighted by Gasteiger charge is -2.41. The van der Waals surface area contributed by atoms with Crippen molar-refractivity contribution in [3.8, 4) is 17.2 Å². The van der Waals surface area contributed by atoms with E-state index < -0.39 is 5.41 Å². The molecule has 0 spiro atoms. The van der Waals surface area contributed by atoms with Crippen molar-refractivity contribution in [2.24, 2.45) is 0 Å². The van der Waals surface area contributed by atoms with Gasteiger partial charge in [-0.2, -0.15) is 0 Å². The normalized spacial score (nSPS) is 13.0. The van der Waals surface area contributed by atoms with Gasteiger partial charge in [0.15, 0.2) is 0 Å². The van der Waals surface area contributed by atoms with Crippen LogP contribution in [0.3, 0.4) is 0 Å². The van der Waals surface area contributed by atoms with Crippen molar-refractivity contribution in [3.63, 3.8) is 0 Å². The smallest absolute Gasteiger partial charge is 0.119 e. The molecular weight excluding hydrogens is 492 g/mol. The molecule has 0 aliphatic carbocycles. The van der Waals surface area contributed by atoms with Crippen molar-refractivity contribution in [2.45, 2.75) is 111 Å². The maximum absolute atomic E-state index is 11.1. The predicted molar refractivity (Wildman–Crippen MR) is 169 cm³/mol. The van der Waals surface area contributed by atoms with Crippen molar-refractivity contribution in [2.75, 3.05) is 0 Å². The first kappa shape index (κ1) is 31.3. The Morgan fingerprint density at radius 1 is 0.500 bits per heavy atom. The van der Waals surface area contributed by atoms with E-state index in [1.165, 1.54) is 0 Å². The van der Waals surface area contributed by atoms with Crippen LogP contribution in [0.15, 0.2) is 49.1 Å². The number of allylic oxidation sites excluding steroid dienone is 1. The summed E-state index contributed by atoms with van der Waals surface area (Å²) in [5.74, 6) is 0.866. The number of aryl methyl sites for hydroxylation is 3. The van der Waals surface area contributed by atoms with Gasteiger partial charge in [-0.3, -0.25) is 0 Å². The van der Waals surface area contributed by atoms with Gasteiger partial charge in [-0.1, -0.05) is 86.6 Å². The van der Waals surface area contributed by atoms with Gasteiger partial charge in [0.2, 0.25) is 0 Å². The zero-order valence-corrected chi connectivity index (χ0v) is 26.8. The quantitative estimate of drug-likeness (QED) is 0.222. The van der Waals surface area contributed by atoms with Gasteiger partial charge in [-0.25, -0.2) is 0 Å². The van der Waals surface area contributed by atoms with Crippen molar-refractivity contribution < 1.29 is 15.3 Å². The number of hydrogen-bond acceptors (Lipinski definition) is 3. The van der Waals surface area contributed by atoms with Gasteiger partial charge in [0.05, 0.1) is 0 Å². The molecule has 0 atom stereocenters. The molecule has 3 nitrogen and oxygen atoms in total. The summed E-state index contributed by atoms with van der Waals surface area (Å²) in [7, 11) is 0. The Labute approximate surface area is 242 Å². The third kappa shape index (κ3) is 5.53. The summed E-state index contributed by atoms with van der Waals surface area (Å²) in [6, 6.07) is 12.2. The topological polar surface area (TPSA) is 60.7 Å². The zero-order valence-electron chi connectivity index (χ0n) is 26.8. The molecule has 0 fully saturated rings. The van der Waals surface area contributed by atoms with Crippen LogP contribution in [0.4, 0.5) is 0 Å². The molecule has 0 unspecified atom stereocenters. The Kier molecular flexibility index (Phi) is 8.09. The Bertz CT molecular complexity index is 1270. The van der Waals surface area contributed by atoms with E-state index in [0.717, 1.165) is 50.1 Å². The van der Waals surface area contributed by atoms with Crippen LogP contribution in [-0.4, -0.2) is 15.3 Å². The maximum atomic E-state index is 11.1. The highest BCUT2D eigenvalue weighted by Gasteiger charge is 2.42. The average Bonchev–Trinajstić information content (AvgIpc) is 2.75. The van der Waals surface area contributed by atoms with Gasteiger partial charge in [0.1, 0.15) is 17.2 Å². The van der Waals surface area contributed by atoms with Gasteiger partial charge >= 0.3 is 0 Å². The second-order valence-electron chi connectivity index (χ2n) is 14.7. The molecule has 3 rings (SSSR count). The van der Waals surface area contributed by atoms with E-state index >= 15 is 0 Å². The fourth-order valence-electron chi connectivity index (χ4n) is 6.24. The van der Waals surface area contributed by atoms with E-state index in [1.54, 1.807) is 0 Å². The molecule has 0 aliphatic heterocycles. The lowest BCUT2D eigenvalue weighted by molar-refractivity contribution is 0.442. The number of aromatic hydroxyl groups is 3. The minimum absolute atomic E-state index is 0.284. The highest BCUT2D eigenvalue weighted by Crippen LogP contribution is 2.51. The second-order valence-corrected chi connectivity index (χ2v) is 14.7. The lowest BCUT2D eigenvalue weighted by atomic mass is 9.62. The van der Waals surface area contributed by atoms with Gasteiger partial charge in [-0.15, -0.1) is 6.58 Å². The van der Waals surface area contributed by atoms with Crippen LogP contribution in [-0.2, 0) is 21.7 Å². The molecule has 3 heteroatoms. The van der Waals surface area contributed by atoms with Gasteiger partial charge in [0.25, 0.3) is 0 Å². The van der Waals surface area contributed by atoms with Crippen LogP contribution in [0, 0.1) is 20.8 Å². The second kappa shape index (κ2) is 10.3. The molecule has 0 aliphatic rings. The highest BCUT2D eigenvalue weighted by molar-refractivity contribution is 5.64. The summed E-state index contributed by atoms with van der Waals surface area (Å²) < 4.78 is 0. The van der Waals surface area contributed by atoms with E-state index in [4.69, 9.17) is 0 Å². The number of phenols is 3. The van der Waals surface area contributed by atoms with E-state index in [-0.39, 0.29) is 33.5 Å². The minimum atomic E-state index is -0.699. The molecule has 3 N–H and O–H groups in total. The van der Waals surface area contributed by atoms with E-state index in [9.17, 15) is 15.3 Å². The molecule has 40 heavy (non-hydrogen) atoms.